The normalized spacial score (nSPS) is 11.2. The summed E-state index contributed by atoms with van der Waals surface area (Å²) in [7, 11) is 0. The van der Waals surface area contributed by atoms with Gasteiger partial charge in [-0.05, 0) is 49.6 Å². The lowest BCUT2D eigenvalue weighted by Crippen LogP contribution is -2.28. The Hall–Kier alpha value is -3.08. The van der Waals surface area contributed by atoms with Gasteiger partial charge in [-0.25, -0.2) is 0 Å². The zero-order chi connectivity index (χ0) is 21.2. The summed E-state index contributed by atoms with van der Waals surface area (Å²) in [5, 5.41) is 9.28. The van der Waals surface area contributed by atoms with E-state index in [1.165, 1.54) is 0 Å². The Labute approximate surface area is 172 Å². The quantitative estimate of drug-likeness (QED) is 0.612. The smallest absolute Gasteiger partial charge is 0.307 e. The Morgan fingerprint density at radius 1 is 1.07 bits per heavy atom. The van der Waals surface area contributed by atoms with Crippen molar-refractivity contribution in [2.75, 3.05) is 19.7 Å². The average molecular weight is 395 g/mol. The molecule has 0 aliphatic carbocycles. The van der Waals surface area contributed by atoms with E-state index in [-0.39, 0.29) is 12.3 Å². The van der Waals surface area contributed by atoms with Crippen molar-refractivity contribution in [2.45, 2.75) is 33.6 Å². The van der Waals surface area contributed by atoms with Crippen molar-refractivity contribution >= 4 is 17.4 Å². The van der Waals surface area contributed by atoms with E-state index in [0.29, 0.717) is 31.0 Å². The van der Waals surface area contributed by atoms with Crippen LogP contribution in [-0.4, -0.2) is 41.6 Å². The highest BCUT2D eigenvalue weighted by molar-refractivity contribution is 5.95. The number of carbonyl (C=O) groups excluding carboxylic acids is 1. The molecule has 1 N–H and O–H groups in total. The molecule has 0 aromatic heterocycles. The first-order valence-electron chi connectivity index (χ1n) is 9.93. The maximum Gasteiger partial charge on any atom is 0.307 e. The largest absolute Gasteiger partial charge is 0.493 e. The van der Waals surface area contributed by atoms with Crippen LogP contribution in [0, 0.1) is 0 Å². The van der Waals surface area contributed by atoms with Gasteiger partial charge in [-0.1, -0.05) is 36.4 Å². The molecule has 1 amide bonds. The first-order valence-corrected chi connectivity index (χ1v) is 9.93. The van der Waals surface area contributed by atoms with E-state index in [0.717, 1.165) is 23.1 Å². The molecule has 0 unspecified atom stereocenters. The van der Waals surface area contributed by atoms with Gasteiger partial charge in [0, 0.05) is 31.1 Å². The van der Waals surface area contributed by atoms with Gasteiger partial charge in [0.2, 0.25) is 5.91 Å². The van der Waals surface area contributed by atoms with Crippen LogP contribution < -0.4 is 4.74 Å². The van der Waals surface area contributed by atoms with Gasteiger partial charge in [0.05, 0.1) is 13.0 Å². The molecule has 0 bridgehead atoms. The molecule has 0 atom stereocenters. The molecule has 2 rings (SSSR count). The van der Waals surface area contributed by atoms with Gasteiger partial charge in [0.25, 0.3) is 0 Å². The number of hydrogen-bond acceptors (Lipinski definition) is 3. The third-order valence-corrected chi connectivity index (χ3v) is 4.76. The van der Waals surface area contributed by atoms with Gasteiger partial charge >= 0.3 is 5.97 Å². The first-order chi connectivity index (χ1) is 13.9. The highest BCUT2D eigenvalue weighted by atomic mass is 16.5. The van der Waals surface area contributed by atoms with Gasteiger partial charge in [-0.2, -0.15) is 0 Å². The molecule has 0 fully saturated rings. The molecule has 2 aromatic rings. The monoisotopic (exact) mass is 395 g/mol. The number of carbonyl (C=O) groups is 2. The van der Waals surface area contributed by atoms with Crippen LogP contribution in [0.1, 0.15) is 37.5 Å². The second-order valence-corrected chi connectivity index (χ2v) is 6.81. The fourth-order valence-corrected chi connectivity index (χ4v) is 3.09. The summed E-state index contributed by atoms with van der Waals surface area (Å²) in [6, 6.07) is 15.4. The Kier molecular flexibility index (Phi) is 8.46. The van der Waals surface area contributed by atoms with E-state index in [2.05, 4.69) is 0 Å². The molecular weight excluding hydrogens is 366 g/mol. The number of amides is 1. The fraction of sp³-hybridized carbons (Fsp3) is 0.333. The number of hydrogen-bond donors (Lipinski definition) is 1. The average Bonchev–Trinajstić information content (AvgIpc) is 2.70. The van der Waals surface area contributed by atoms with Crippen LogP contribution >= 0.6 is 0 Å². The molecule has 0 heterocycles. The molecule has 0 aliphatic heterocycles. The lowest BCUT2D eigenvalue weighted by Gasteiger charge is -2.17. The fourth-order valence-electron chi connectivity index (χ4n) is 3.09. The van der Waals surface area contributed by atoms with Crippen LogP contribution in [0.3, 0.4) is 0 Å². The summed E-state index contributed by atoms with van der Waals surface area (Å²) in [4.78, 5) is 25.4. The van der Waals surface area contributed by atoms with Crippen molar-refractivity contribution in [3.05, 3.63) is 71.3 Å². The van der Waals surface area contributed by atoms with Crippen molar-refractivity contribution in [2.24, 2.45) is 0 Å². The molecule has 0 aliphatic rings. The molecule has 29 heavy (non-hydrogen) atoms. The Morgan fingerprint density at radius 2 is 1.76 bits per heavy atom. The number of ether oxygens (including phenoxy) is 1. The predicted molar refractivity (Wildman–Crippen MR) is 115 cm³/mol. The molecule has 0 radical (unpaired) electrons. The van der Waals surface area contributed by atoms with Crippen LogP contribution in [0.2, 0.25) is 0 Å². The SMILES string of the molecule is CCN(CC)C(=O)/C=C(\C)c1ccc(OCCc2ccccc2)c(CC(=O)O)c1. The Morgan fingerprint density at radius 3 is 2.38 bits per heavy atom. The second kappa shape index (κ2) is 11.1. The molecular formula is C24H29NO4. The Bertz CT molecular complexity index is 854. The van der Waals surface area contributed by atoms with Crippen LogP contribution in [0.5, 0.6) is 5.75 Å². The van der Waals surface area contributed by atoms with Gasteiger partial charge < -0.3 is 14.7 Å². The number of aliphatic carboxylic acids is 1. The number of nitrogens with zero attached hydrogens (tertiary/aromatic N) is 1. The molecule has 0 spiro atoms. The number of rotatable bonds is 10. The van der Waals surface area contributed by atoms with Gasteiger partial charge in [-0.3, -0.25) is 9.59 Å². The topological polar surface area (TPSA) is 66.8 Å². The van der Waals surface area contributed by atoms with E-state index in [1.54, 1.807) is 23.1 Å². The number of carboxylic acids is 1. The highest BCUT2D eigenvalue weighted by Gasteiger charge is 2.12. The van der Waals surface area contributed by atoms with E-state index < -0.39 is 5.97 Å². The van der Waals surface area contributed by atoms with Crippen molar-refractivity contribution in [3.63, 3.8) is 0 Å². The third-order valence-electron chi connectivity index (χ3n) is 4.76. The first kappa shape index (κ1) is 22.2. The molecule has 154 valence electrons. The number of allylic oxidation sites excluding steroid dienone is 1. The van der Waals surface area contributed by atoms with Crippen molar-refractivity contribution in [3.8, 4) is 5.75 Å². The lowest BCUT2D eigenvalue weighted by molar-refractivity contribution is -0.136. The highest BCUT2D eigenvalue weighted by Crippen LogP contribution is 2.25. The van der Waals surface area contributed by atoms with Crippen molar-refractivity contribution in [1.29, 1.82) is 0 Å². The standard InChI is InChI=1S/C24H29NO4/c1-4-25(5-2)23(26)15-18(3)20-11-12-22(21(16-20)17-24(27)28)29-14-13-19-9-7-6-8-10-19/h6-12,15-16H,4-5,13-14,17H2,1-3H3,(H,27,28)/b18-15+. The lowest BCUT2D eigenvalue weighted by atomic mass is 10.0. The van der Waals surface area contributed by atoms with Gasteiger partial charge in [0.15, 0.2) is 0 Å². The summed E-state index contributed by atoms with van der Waals surface area (Å²) in [5.41, 5.74) is 3.38. The zero-order valence-corrected chi connectivity index (χ0v) is 17.4. The summed E-state index contributed by atoms with van der Waals surface area (Å²) < 4.78 is 5.87. The minimum Gasteiger partial charge on any atom is -0.493 e. The molecule has 0 saturated carbocycles. The predicted octanol–water partition coefficient (Wildman–Crippen LogP) is 4.21. The van der Waals surface area contributed by atoms with E-state index >= 15 is 0 Å². The Balaban J connectivity index is 2.17. The minimum absolute atomic E-state index is 0.0459. The van der Waals surface area contributed by atoms with Crippen LogP contribution in [-0.2, 0) is 22.4 Å². The maximum absolute atomic E-state index is 12.3. The van der Waals surface area contributed by atoms with Gasteiger partial charge in [0.1, 0.15) is 5.75 Å². The second-order valence-electron chi connectivity index (χ2n) is 6.81. The molecule has 0 saturated heterocycles. The maximum atomic E-state index is 12.3. The van der Waals surface area contributed by atoms with E-state index in [9.17, 15) is 14.7 Å². The van der Waals surface area contributed by atoms with E-state index in [1.807, 2.05) is 57.2 Å². The van der Waals surface area contributed by atoms with Crippen molar-refractivity contribution < 1.29 is 19.4 Å². The minimum atomic E-state index is -0.920. The number of carboxylic acid groups (broad SMARTS) is 1. The molecule has 2 aromatic carbocycles. The molecule has 5 nitrogen and oxygen atoms in total. The van der Waals surface area contributed by atoms with Gasteiger partial charge in [-0.15, -0.1) is 0 Å². The van der Waals surface area contributed by atoms with E-state index in [4.69, 9.17) is 4.74 Å². The number of likely N-dealkylation sites (N-methyl/N-ethyl adjacent to an activating group) is 1. The van der Waals surface area contributed by atoms with Crippen LogP contribution in [0.25, 0.3) is 5.57 Å². The van der Waals surface area contributed by atoms with Crippen LogP contribution in [0.15, 0.2) is 54.6 Å². The van der Waals surface area contributed by atoms with Crippen LogP contribution in [0.4, 0.5) is 0 Å². The molecule has 5 heteroatoms. The summed E-state index contributed by atoms with van der Waals surface area (Å²) in [5.74, 6) is -0.402. The zero-order valence-electron chi connectivity index (χ0n) is 17.4. The summed E-state index contributed by atoms with van der Waals surface area (Å²) >= 11 is 0. The summed E-state index contributed by atoms with van der Waals surface area (Å²) in [6.07, 6.45) is 2.21. The third kappa shape index (κ3) is 6.79. The summed E-state index contributed by atoms with van der Waals surface area (Å²) in [6.45, 7) is 7.51. The van der Waals surface area contributed by atoms with Crippen molar-refractivity contribution in [1.82, 2.24) is 4.90 Å². The number of benzene rings is 2.